The van der Waals surface area contributed by atoms with Gasteiger partial charge in [-0.3, -0.25) is 10.1 Å². The number of halogens is 1. The molecule has 1 aliphatic rings. The minimum atomic E-state index is -0.0470. The van der Waals surface area contributed by atoms with Gasteiger partial charge in [0.05, 0.1) is 6.04 Å². The lowest BCUT2D eigenvalue weighted by atomic mass is 10.3. The molecule has 1 aromatic rings. The van der Waals surface area contributed by atoms with E-state index in [2.05, 4.69) is 33.2 Å². The first-order valence-electron chi connectivity index (χ1n) is 4.63. The van der Waals surface area contributed by atoms with E-state index in [1.165, 1.54) is 3.57 Å². The summed E-state index contributed by atoms with van der Waals surface area (Å²) in [4.78, 5) is 11.7. The van der Waals surface area contributed by atoms with Crippen molar-refractivity contribution in [3.05, 3.63) is 27.8 Å². The highest BCUT2D eigenvalue weighted by atomic mass is 127. The standard InChI is InChI=1S/C10H11IN2OS/c11-7-1-3-8(4-2-7)13-10(14)9-5-15-6-12-9/h1-4,9,12H,5-6H2,(H,13,14). The average molecular weight is 334 g/mol. The Balaban J connectivity index is 1.96. The molecule has 1 unspecified atom stereocenters. The molecule has 1 saturated heterocycles. The molecule has 0 aromatic heterocycles. The number of rotatable bonds is 2. The Morgan fingerprint density at radius 3 is 2.80 bits per heavy atom. The number of benzene rings is 1. The van der Waals surface area contributed by atoms with Gasteiger partial charge < -0.3 is 5.32 Å². The first-order valence-corrected chi connectivity index (χ1v) is 6.86. The predicted molar refractivity (Wildman–Crippen MR) is 72.0 cm³/mol. The summed E-state index contributed by atoms with van der Waals surface area (Å²) in [6, 6.07) is 7.75. The van der Waals surface area contributed by atoms with Crippen LogP contribution in [0, 0.1) is 3.57 Å². The third kappa shape index (κ3) is 3.09. The fraction of sp³-hybridized carbons (Fsp3) is 0.300. The van der Waals surface area contributed by atoms with E-state index < -0.39 is 0 Å². The van der Waals surface area contributed by atoms with Crippen molar-refractivity contribution in [1.82, 2.24) is 5.32 Å². The summed E-state index contributed by atoms with van der Waals surface area (Å²) in [6.07, 6.45) is 0. The van der Waals surface area contributed by atoms with E-state index in [1.54, 1.807) is 11.8 Å². The van der Waals surface area contributed by atoms with Crippen LogP contribution in [0.4, 0.5) is 5.69 Å². The topological polar surface area (TPSA) is 41.1 Å². The van der Waals surface area contributed by atoms with Crippen LogP contribution in [0.3, 0.4) is 0 Å². The number of hydrogen-bond acceptors (Lipinski definition) is 3. The maximum Gasteiger partial charge on any atom is 0.242 e. The van der Waals surface area contributed by atoms with Crippen LogP contribution in [0.2, 0.25) is 0 Å². The van der Waals surface area contributed by atoms with Crippen LogP contribution in [-0.4, -0.2) is 23.6 Å². The second-order valence-electron chi connectivity index (χ2n) is 3.27. The normalized spacial score (nSPS) is 20.2. The largest absolute Gasteiger partial charge is 0.325 e. The van der Waals surface area contributed by atoms with Gasteiger partial charge in [0.1, 0.15) is 0 Å². The van der Waals surface area contributed by atoms with Crippen LogP contribution in [0.1, 0.15) is 0 Å². The van der Waals surface area contributed by atoms with Crippen LogP contribution in [0.5, 0.6) is 0 Å². The van der Waals surface area contributed by atoms with Crippen molar-refractivity contribution >= 4 is 45.9 Å². The Hall–Kier alpha value is -0.270. The molecule has 1 fully saturated rings. The highest BCUT2D eigenvalue weighted by Gasteiger charge is 2.22. The summed E-state index contributed by atoms with van der Waals surface area (Å²) in [7, 11) is 0. The number of thioether (sulfide) groups is 1. The van der Waals surface area contributed by atoms with Crippen LogP contribution in [0.15, 0.2) is 24.3 Å². The van der Waals surface area contributed by atoms with Crippen molar-refractivity contribution in [2.24, 2.45) is 0 Å². The summed E-state index contributed by atoms with van der Waals surface area (Å²) in [5, 5.41) is 6.03. The molecular weight excluding hydrogens is 323 g/mol. The zero-order chi connectivity index (χ0) is 10.7. The van der Waals surface area contributed by atoms with Gasteiger partial charge >= 0.3 is 0 Å². The predicted octanol–water partition coefficient (Wildman–Crippen LogP) is 1.89. The summed E-state index contributed by atoms with van der Waals surface area (Å²) in [5.74, 6) is 1.78. The van der Waals surface area contributed by atoms with E-state index in [0.717, 1.165) is 17.3 Å². The van der Waals surface area contributed by atoms with Crippen LogP contribution >= 0.6 is 34.4 Å². The summed E-state index contributed by atoms with van der Waals surface area (Å²) in [5.41, 5.74) is 0.860. The number of hydrogen-bond donors (Lipinski definition) is 2. The van der Waals surface area contributed by atoms with E-state index in [1.807, 2.05) is 24.3 Å². The molecule has 1 aromatic carbocycles. The van der Waals surface area contributed by atoms with Crippen molar-refractivity contribution in [2.75, 3.05) is 16.9 Å². The number of carbonyl (C=O) groups excluding carboxylic acids is 1. The molecule has 2 N–H and O–H groups in total. The van der Waals surface area contributed by atoms with Crippen molar-refractivity contribution < 1.29 is 4.79 Å². The molecule has 3 nitrogen and oxygen atoms in total. The number of carbonyl (C=O) groups is 1. The molecule has 0 bridgehead atoms. The van der Waals surface area contributed by atoms with Gasteiger partial charge in [-0.05, 0) is 46.9 Å². The highest BCUT2D eigenvalue weighted by Crippen LogP contribution is 2.14. The van der Waals surface area contributed by atoms with E-state index >= 15 is 0 Å². The van der Waals surface area contributed by atoms with Crippen molar-refractivity contribution in [3.63, 3.8) is 0 Å². The first kappa shape index (κ1) is 11.2. The zero-order valence-corrected chi connectivity index (χ0v) is 11.0. The SMILES string of the molecule is O=C(Nc1ccc(I)cc1)C1CSCN1. The Bertz CT molecular complexity index is 349. The third-order valence-corrected chi connectivity index (χ3v) is 3.80. The van der Waals surface area contributed by atoms with Crippen LogP contribution < -0.4 is 10.6 Å². The second kappa shape index (κ2) is 5.18. The van der Waals surface area contributed by atoms with Crippen LogP contribution in [0.25, 0.3) is 0 Å². The minimum Gasteiger partial charge on any atom is -0.325 e. The van der Waals surface area contributed by atoms with Gasteiger partial charge in [-0.2, -0.15) is 0 Å². The summed E-state index contributed by atoms with van der Waals surface area (Å²) < 4.78 is 1.17. The molecule has 0 radical (unpaired) electrons. The molecule has 1 aliphatic heterocycles. The van der Waals surface area contributed by atoms with Gasteiger partial charge in [0.25, 0.3) is 0 Å². The highest BCUT2D eigenvalue weighted by molar-refractivity contribution is 14.1. The van der Waals surface area contributed by atoms with Gasteiger partial charge in [0.2, 0.25) is 5.91 Å². The number of nitrogens with one attached hydrogen (secondary N) is 2. The zero-order valence-electron chi connectivity index (χ0n) is 8.00. The summed E-state index contributed by atoms with van der Waals surface area (Å²) in [6.45, 7) is 0. The smallest absolute Gasteiger partial charge is 0.242 e. The fourth-order valence-corrected chi connectivity index (χ4v) is 2.63. The van der Waals surface area contributed by atoms with Gasteiger partial charge in [0, 0.05) is 20.9 Å². The van der Waals surface area contributed by atoms with Gasteiger partial charge in [0.15, 0.2) is 0 Å². The maximum absolute atomic E-state index is 11.7. The molecule has 0 spiro atoms. The Morgan fingerprint density at radius 1 is 1.47 bits per heavy atom. The van der Waals surface area contributed by atoms with Gasteiger partial charge in [-0.15, -0.1) is 11.8 Å². The van der Waals surface area contributed by atoms with Crippen molar-refractivity contribution in [2.45, 2.75) is 6.04 Å². The molecule has 2 rings (SSSR count). The van der Waals surface area contributed by atoms with E-state index in [4.69, 9.17) is 0 Å². The lowest BCUT2D eigenvalue weighted by molar-refractivity contribution is -0.117. The molecular formula is C10H11IN2OS. The minimum absolute atomic E-state index is 0.0470. The quantitative estimate of drug-likeness (QED) is 0.812. The van der Waals surface area contributed by atoms with Gasteiger partial charge in [-0.1, -0.05) is 0 Å². The van der Waals surface area contributed by atoms with E-state index in [9.17, 15) is 4.79 Å². The molecule has 5 heteroatoms. The molecule has 15 heavy (non-hydrogen) atoms. The second-order valence-corrected chi connectivity index (χ2v) is 5.54. The first-order chi connectivity index (χ1) is 7.25. The summed E-state index contributed by atoms with van der Waals surface area (Å²) >= 11 is 3.99. The molecule has 1 amide bonds. The molecule has 1 heterocycles. The lowest BCUT2D eigenvalue weighted by Gasteiger charge is -2.10. The number of amides is 1. The van der Waals surface area contributed by atoms with Crippen molar-refractivity contribution in [3.8, 4) is 0 Å². The molecule has 0 saturated carbocycles. The number of anilines is 1. The van der Waals surface area contributed by atoms with Gasteiger partial charge in [-0.25, -0.2) is 0 Å². The fourth-order valence-electron chi connectivity index (χ4n) is 1.33. The Morgan fingerprint density at radius 2 is 2.20 bits per heavy atom. The lowest BCUT2D eigenvalue weighted by Crippen LogP contribution is -2.37. The van der Waals surface area contributed by atoms with E-state index in [-0.39, 0.29) is 11.9 Å². The molecule has 0 aliphatic carbocycles. The van der Waals surface area contributed by atoms with Crippen LogP contribution in [-0.2, 0) is 4.79 Å². The maximum atomic E-state index is 11.7. The average Bonchev–Trinajstić information content (AvgIpc) is 2.74. The monoisotopic (exact) mass is 334 g/mol. The Kier molecular flexibility index (Phi) is 3.87. The molecule has 1 atom stereocenters. The van der Waals surface area contributed by atoms with E-state index in [0.29, 0.717) is 0 Å². The van der Waals surface area contributed by atoms with Crippen molar-refractivity contribution in [1.29, 1.82) is 0 Å². The molecule has 80 valence electrons. The third-order valence-electron chi connectivity index (χ3n) is 2.14. The Labute approximate surface area is 107 Å².